The quantitative estimate of drug-likeness (QED) is 0.718. The second-order valence-corrected chi connectivity index (χ2v) is 6.62. The predicted octanol–water partition coefficient (Wildman–Crippen LogP) is 2.12. The molecule has 2 rings (SSSR count). The first-order chi connectivity index (χ1) is 8.65. The van der Waals surface area contributed by atoms with Crippen LogP contribution in [0.15, 0.2) is 0 Å². The largest absolute Gasteiger partial charge is 0.381 e. The molecule has 3 nitrogen and oxygen atoms in total. The van der Waals surface area contributed by atoms with E-state index in [1.54, 1.807) is 0 Å². The maximum atomic E-state index is 5.70. The highest BCUT2D eigenvalue weighted by molar-refractivity contribution is 4.93. The van der Waals surface area contributed by atoms with Crippen LogP contribution < -0.4 is 5.32 Å². The molecule has 1 aliphatic carbocycles. The van der Waals surface area contributed by atoms with E-state index in [4.69, 9.17) is 4.74 Å². The Hall–Kier alpha value is -0.120. The van der Waals surface area contributed by atoms with Crippen LogP contribution in [0.5, 0.6) is 0 Å². The first-order valence-corrected chi connectivity index (χ1v) is 7.68. The number of nitrogens with zero attached hydrogens (tertiary/aromatic N) is 1. The summed E-state index contributed by atoms with van der Waals surface area (Å²) in [6.45, 7) is 13.4. The van der Waals surface area contributed by atoms with Gasteiger partial charge in [0, 0.05) is 31.2 Å². The summed E-state index contributed by atoms with van der Waals surface area (Å²) in [5.74, 6) is 0.732. The van der Waals surface area contributed by atoms with Gasteiger partial charge in [-0.3, -0.25) is 4.90 Å². The molecular weight excluding hydrogens is 224 g/mol. The molecule has 0 amide bonds. The Bertz CT molecular complexity index is 245. The Balaban J connectivity index is 1.84. The van der Waals surface area contributed by atoms with Crippen LogP contribution in [-0.2, 0) is 4.74 Å². The van der Waals surface area contributed by atoms with E-state index >= 15 is 0 Å². The lowest BCUT2D eigenvalue weighted by molar-refractivity contribution is 0.106. The molecule has 106 valence electrons. The molecule has 1 unspecified atom stereocenters. The fourth-order valence-electron chi connectivity index (χ4n) is 2.97. The number of ether oxygens (including phenoxy) is 1. The van der Waals surface area contributed by atoms with Gasteiger partial charge in [-0.25, -0.2) is 0 Å². The Morgan fingerprint density at radius 2 is 2.17 bits per heavy atom. The lowest BCUT2D eigenvalue weighted by atomic mass is 9.86. The van der Waals surface area contributed by atoms with Crippen molar-refractivity contribution in [3.05, 3.63) is 0 Å². The number of hydrogen-bond donors (Lipinski definition) is 1. The van der Waals surface area contributed by atoms with Crippen molar-refractivity contribution in [2.24, 2.45) is 11.3 Å². The first-order valence-electron chi connectivity index (χ1n) is 7.68. The molecule has 2 fully saturated rings. The first kappa shape index (κ1) is 14.3. The van der Waals surface area contributed by atoms with Crippen LogP contribution in [0.2, 0.25) is 0 Å². The smallest absolute Gasteiger partial charge is 0.0547 e. The molecule has 18 heavy (non-hydrogen) atoms. The van der Waals surface area contributed by atoms with E-state index in [-0.39, 0.29) is 0 Å². The maximum absolute atomic E-state index is 5.70. The van der Waals surface area contributed by atoms with E-state index in [9.17, 15) is 0 Å². The average Bonchev–Trinajstić information content (AvgIpc) is 3.08. The zero-order chi connectivity index (χ0) is 13.0. The normalized spacial score (nSPS) is 28.5. The van der Waals surface area contributed by atoms with Gasteiger partial charge < -0.3 is 10.1 Å². The standard InChI is InChI=1S/C15H30N2O/c1-4-17(14-5-6-14)11-15(7-8-18-12-15)10-16-9-13(2)3/h13-14,16H,4-12H2,1-3H3. The van der Waals surface area contributed by atoms with E-state index in [2.05, 4.69) is 31.0 Å². The van der Waals surface area contributed by atoms with Crippen molar-refractivity contribution < 1.29 is 4.74 Å². The summed E-state index contributed by atoms with van der Waals surface area (Å²) in [7, 11) is 0. The zero-order valence-electron chi connectivity index (χ0n) is 12.4. The Morgan fingerprint density at radius 3 is 2.67 bits per heavy atom. The third-order valence-electron chi connectivity index (χ3n) is 4.25. The van der Waals surface area contributed by atoms with Crippen LogP contribution in [0.4, 0.5) is 0 Å². The van der Waals surface area contributed by atoms with Crippen molar-refractivity contribution in [3.63, 3.8) is 0 Å². The Labute approximate surface area is 112 Å². The summed E-state index contributed by atoms with van der Waals surface area (Å²) >= 11 is 0. The maximum Gasteiger partial charge on any atom is 0.0547 e. The molecule has 0 spiro atoms. The van der Waals surface area contributed by atoms with Crippen LogP contribution in [0.25, 0.3) is 0 Å². The third-order valence-corrected chi connectivity index (χ3v) is 4.25. The minimum Gasteiger partial charge on any atom is -0.381 e. The highest BCUT2D eigenvalue weighted by atomic mass is 16.5. The average molecular weight is 254 g/mol. The van der Waals surface area contributed by atoms with Gasteiger partial charge in [0.05, 0.1) is 6.61 Å². The lowest BCUT2D eigenvalue weighted by Gasteiger charge is -2.34. The summed E-state index contributed by atoms with van der Waals surface area (Å²) in [5, 5.41) is 3.65. The summed E-state index contributed by atoms with van der Waals surface area (Å²) < 4.78 is 5.70. The summed E-state index contributed by atoms with van der Waals surface area (Å²) in [6.07, 6.45) is 4.04. The fraction of sp³-hybridized carbons (Fsp3) is 1.00. The summed E-state index contributed by atoms with van der Waals surface area (Å²) in [5.41, 5.74) is 0.369. The minimum absolute atomic E-state index is 0.369. The summed E-state index contributed by atoms with van der Waals surface area (Å²) in [4.78, 5) is 2.67. The molecule has 0 radical (unpaired) electrons. The van der Waals surface area contributed by atoms with Crippen LogP contribution in [0.3, 0.4) is 0 Å². The molecule has 1 saturated heterocycles. The molecule has 0 aromatic carbocycles. The fourth-order valence-corrected chi connectivity index (χ4v) is 2.97. The molecular formula is C15H30N2O. The lowest BCUT2D eigenvalue weighted by Crippen LogP contribution is -2.46. The SMILES string of the molecule is CCN(CC1(CNCC(C)C)CCOC1)C1CC1. The van der Waals surface area contributed by atoms with Crippen molar-refractivity contribution in [1.29, 1.82) is 0 Å². The topological polar surface area (TPSA) is 24.5 Å². The molecule has 0 aromatic rings. The monoisotopic (exact) mass is 254 g/mol. The Kier molecular flexibility index (Phi) is 5.05. The van der Waals surface area contributed by atoms with Gasteiger partial charge in [0.25, 0.3) is 0 Å². The van der Waals surface area contributed by atoms with Crippen molar-refractivity contribution >= 4 is 0 Å². The number of rotatable bonds is 8. The van der Waals surface area contributed by atoms with Gasteiger partial charge >= 0.3 is 0 Å². The molecule has 2 aliphatic rings. The van der Waals surface area contributed by atoms with Gasteiger partial charge in [0.1, 0.15) is 0 Å². The molecule has 1 aliphatic heterocycles. The number of hydrogen-bond acceptors (Lipinski definition) is 3. The Morgan fingerprint density at radius 1 is 1.39 bits per heavy atom. The van der Waals surface area contributed by atoms with Crippen LogP contribution in [0.1, 0.15) is 40.0 Å². The predicted molar refractivity (Wildman–Crippen MR) is 75.8 cm³/mol. The van der Waals surface area contributed by atoms with E-state index in [1.807, 2.05) is 0 Å². The molecule has 1 atom stereocenters. The van der Waals surface area contributed by atoms with E-state index < -0.39 is 0 Å². The molecule has 3 heteroatoms. The highest BCUT2D eigenvalue weighted by Crippen LogP contribution is 2.34. The minimum atomic E-state index is 0.369. The van der Waals surface area contributed by atoms with Crippen molar-refractivity contribution in [2.45, 2.75) is 46.1 Å². The molecule has 1 saturated carbocycles. The van der Waals surface area contributed by atoms with Gasteiger partial charge in [-0.2, -0.15) is 0 Å². The second-order valence-electron chi connectivity index (χ2n) is 6.62. The summed E-state index contributed by atoms with van der Waals surface area (Å²) in [6, 6.07) is 0.873. The zero-order valence-corrected chi connectivity index (χ0v) is 12.4. The van der Waals surface area contributed by atoms with Crippen LogP contribution in [-0.4, -0.2) is 50.3 Å². The third kappa shape index (κ3) is 3.94. The van der Waals surface area contributed by atoms with Gasteiger partial charge in [0.15, 0.2) is 0 Å². The van der Waals surface area contributed by atoms with Gasteiger partial charge in [-0.05, 0) is 38.3 Å². The second kappa shape index (κ2) is 6.36. The highest BCUT2D eigenvalue weighted by Gasteiger charge is 2.39. The molecule has 1 heterocycles. The number of nitrogens with one attached hydrogen (secondary N) is 1. The van der Waals surface area contributed by atoms with Gasteiger partial charge in [-0.1, -0.05) is 20.8 Å². The van der Waals surface area contributed by atoms with Crippen molar-refractivity contribution in [2.75, 3.05) is 39.4 Å². The van der Waals surface area contributed by atoms with Crippen molar-refractivity contribution in [1.82, 2.24) is 10.2 Å². The molecule has 1 N–H and O–H groups in total. The van der Waals surface area contributed by atoms with Crippen LogP contribution >= 0.6 is 0 Å². The van der Waals surface area contributed by atoms with E-state index in [0.29, 0.717) is 5.41 Å². The van der Waals surface area contributed by atoms with Gasteiger partial charge in [-0.15, -0.1) is 0 Å². The molecule has 0 bridgehead atoms. The van der Waals surface area contributed by atoms with E-state index in [1.165, 1.54) is 32.4 Å². The van der Waals surface area contributed by atoms with Crippen molar-refractivity contribution in [3.8, 4) is 0 Å². The molecule has 0 aromatic heterocycles. The van der Waals surface area contributed by atoms with Crippen LogP contribution in [0, 0.1) is 11.3 Å². The van der Waals surface area contributed by atoms with E-state index in [0.717, 1.165) is 38.3 Å². The van der Waals surface area contributed by atoms with Gasteiger partial charge in [0.2, 0.25) is 0 Å².